The summed E-state index contributed by atoms with van der Waals surface area (Å²) in [5.41, 5.74) is 6.00. The number of fused-ring (bicyclic) bond motifs is 2. The van der Waals surface area contributed by atoms with Crippen molar-refractivity contribution < 1.29 is 6.22 Å². The quantitative estimate of drug-likeness (QED) is 0.748. The highest BCUT2D eigenvalue weighted by Crippen LogP contribution is 2.33. The zero-order valence-electron chi connectivity index (χ0n) is 16.9. The number of piperidine rings is 1. The van der Waals surface area contributed by atoms with E-state index in [1.165, 1.54) is 0 Å². The average Bonchev–Trinajstić information content (AvgIpc) is 3.30. The molecule has 0 radical (unpaired) electrons. The number of nitrogens with one attached hydrogen (secondary N) is 1. The molecule has 1 amide bonds. The Bertz CT molecular complexity index is 1130. The summed E-state index contributed by atoms with van der Waals surface area (Å²) in [5.74, 6) is -0.0242. The molecule has 0 atom stereocenters. The van der Waals surface area contributed by atoms with Gasteiger partial charge in [0, 0.05) is 44.3 Å². The van der Waals surface area contributed by atoms with Gasteiger partial charge in [-0.25, -0.2) is 0 Å². The van der Waals surface area contributed by atoms with Gasteiger partial charge < -0.3 is 10.2 Å². The molecule has 1 aliphatic carbocycles. The minimum absolute atomic E-state index is 0. The van der Waals surface area contributed by atoms with Crippen LogP contribution in [0.4, 0.5) is 0 Å². The van der Waals surface area contributed by atoms with Crippen LogP contribution in [0, 0.1) is 0 Å². The second-order valence-corrected chi connectivity index (χ2v) is 8.17. The van der Waals surface area contributed by atoms with Gasteiger partial charge in [0.2, 0.25) is 0 Å². The van der Waals surface area contributed by atoms with Gasteiger partial charge in [0.05, 0.1) is 16.8 Å². The molecule has 0 saturated carbocycles. The molecule has 2 aliphatic rings. The van der Waals surface area contributed by atoms with Crippen molar-refractivity contribution in [3.05, 3.63) is 65.1 Å². The number of aryl methyl sites for hydroxylation is 1. The number of carbonyl (C=O) groups is 1. The predicted octanol–water partition coefficient (Wildman–Crippen LogP) is 3.03. The van der Waals surface area contributed by atoms with E-state index in [2.05, 4.69) is 45.6 Å². The minimum atomic E-state index is -0.0242. The highest BCUT2D eigenvalue weighted by atomic mass is 16.1. The average molecular weight is 390 g/mol. The normalized spacial score (nSPS) is 17.4. The van der Waals surface area contributed by atoms with Crippen molar-refractivity contribution in [3.8, 4) is 0 Å². The first kappa shape index (κ1) is 18.1. The number of hydrogen-bond acceptors (Lipinski definition) is 4. The molecule has 5 rings (SSSR count). The van der Waals surface area contributed by atoms with Gasteiger partial charge in [-0.3, -0.25) is 14.5 Å². The lowest BCUT2D eigenvalue weighted by Gasteiger charge is -2.29. The van der Waals surface area contributed by atoms with Crippen LogP contribution < -0.4 is 5.32 Å². The number of amides is 1. The first-order chi connectivity index (χ1) is 14.1. The second kappa shape index (κ2) is 7.12. The van der Waals surface area contributed by atoms with Crippen molar-refractivity contribution in [2.45, 2.75) is 25.3 Å². The molecular weight excluding hydrogens is 362 g/mol. The van der Waals surface area contributed by atoms with Crippen LogP contribution in [0.25, 0.3) is 16.5 Å². The summed E-state index contributed by atoms with van der Waals surface area (Å²) >= 11 is 0. The van der Waals surface area contributed by atoms with Crippen LogP contribution in [0.1, 0.15) is 41.4 Å². The van der Waals surface area contributed by atoms with E-state index in [0.29, 0.717) is 5.56 Å². The molecule has 1 aliphatic heterocycles. The monoisotopic (exact) mass is 389 g/mol. The van der Waals surface area contributed by atoms with E-state index in [1.807, 2.05) is 30.1 Å². The van der Waals surface area contributed by atoms with E-state index >= 15 is 0 Å². The molecule has 1 N–H and O–H groups in total. The number of allylic oxidation sites excluding steroid dienone is 1. The number of nitrogens with zero attached hydrogens (tertiary/aromatic N) is 4. The summed E-state index contributed by atoms with van der Waals surface area (Å²) in [4.78, 5) is 19.7. The maximum absolute atomic E-state index is 12.8. The fourth-order valence-corrected chi connectivity index (χ4v) is 4.33. The molecule has 3 aromatic rings. The number of rotatable bonds is 3. The third-order valence-electron chi connectivity index (χ3n) is 6.01. The van der Waals surface area contributed by atoms with Gasteiger partial charge in [0.25, 0.3) is 5.91 Å². The smallest absolute Gasteiger partial charge is 0.253 e. The molecule has 1 fully saturated rings. The number of benzene rings is 1. The Morgan fingerprint density at radius 3 is 2.86 bits per heavy atom. The van der Waals surface area contributed by atoms with Gasteiger partial charge in [0.15, 0.2) is 0 Å². The second-order valence-electron chi connectivity index (χ2n) is 8.17. The van der Waals surface area contributed by atoms with E-state index in [1.54, 1.807) is 6.20 Å². The summed E-state index contributed by atoms with van der Waals surface area (Å²) in [6.07, 6.45) is 8.73. The van der Waals surface area contributed by atoms with E-state index in [-0.39, 0.29) is 13.4 Å². The molecule has 0 bridgehead atoms. The van der Waals surface area contributed by atoms with E-state index < -0.39 is 0 Å². The standard InChI is InChI=1S/C23H25N5O.H2/c1-27-9-7-18(8-10-27)25-23(29)16-12-20-19(4-6-22(20)24-13-16)15-3-5-21-17(11-15)14-28(2)26-21;/h3-5,11-14,18H,6-10H2,1-2H3,(H,25,29);1H. The van der Waals surface area contributed by atoms with Crippen LogP contribution in [0.5, 0.6) is 0 Å². The highest BCUT2D eigenvalue weighted by molar-refractivity contribution is 5.97. The summed E-state index contributed by atoms with van der Waals surface area (Å²) in [6, 6.07) is 8.55. The van der Waals surface area contributed by atoms with Gasteiger partial charge in [-0.05, 0) is 62.3 Å². The van der Waals surface area contributed by atoms with Gasteiger partial charge in [-0.15, -0.1) is 0 Å². The molecule has 150 valence electrons. The maximum Gasteiger partial charge on any atom is 0.253 e. The molecule has 29 heavy (non-hydrogen) atoms. The SMILES string of the molecule is CN1CCC(NC(=O)c2cnc3c(c2)C(c2ccc4nn(C)cc4c2)=CC3)CC1.[HH]. The minimum Gasteiger partial charge on any atom is -0.349 e. The van der Waals surface area contributed by atoms with Crippen molar-refractivity contribution in [1.82, 2.24) is 25.0 Å². The first-order valence-electron chi connectivity index (χ1n) is 10.2. The number of aromatic nitrogens is 3. The fourth-order valence-electron chi connectivity index (χ4n) is 4.33. The Hall–Kier alpha value is -2.99. The lowest BCUT2D eigenvalue weighted by Crippen LogP contribution is -2.43. The molecule has 2 aromatic heterocycles. The number of pyridine rings is 1. The fraction of sp³-hybridized carbons (Fsp3) is 0.348. The Kier molecular flexibility index (Phi) is 4.43. The Morgan fingerprint density at radius 1 is 1.21 bits per heavy atom. The largest absolute Gasteiger partial charge is 0.349 e. The topological polar surface area (TPSA) is 63.1 Å². The van der Waals surface area contributed by atoms with Crippen LogP contribution in [-0.4, -0.2) is 51.8 Å². The Balaban J connectivity index is 0.00000218. The van der Waals surface area contributed by atoms with Crippen LogP contribution in [0.15, 0.2) is 42.7 Å². The zero-order chi connectivity index (χ0) is 20.0. The van der Waals surface area contributed by atoms with Crippen molar-refractivity contribution in [3.63, 3.8) is 0 Å². The first-order valence-corrected chi connectivity index (χ1v) is 10.2. The van der Waals surface area contributed by atoms with E-state index in [0.717, 1.165) is 65.6 Å². The van der Waals surface area contributed by atoms with Crippen molar-refractivity contribution in [1.29, 1.82) is 0 Å². The third-order valence-corrected chi connectivity index (χ3v) is 6.01. The zero-order valence-corrected chi connectivity index (χ0v) is 16.9. The van der Waals surface area contributed by atoms with Crippen molar-refractivity contribution >= 4 is 22.4 Å². The van der Waals surface area contributed by atoms with Gasteiger partial charge >= 0.3 is 0 Å². The summed E-state index contributed by atoms with van der Waals surface area (Å²) in [7, 11) is 4.06. The predicted molar refractivity (Wildman–Crippen MR) is 116 cm³/mol. The van der Waals surface area contributed by atoms with Crippen LogP contribution >= 0.6 is 0 Å². The van der Waals surface area contributed by atoms with Gasteiger partial charge in [0.1, 0.15) is 0 Å². The lowest BCUT2D eigenvalue weighted by atomic mass is 9.98. The lowest BCUT2D eigenvalue weighted by molar-refractivity contribution is 0.0916. The molecule has 6 nitrogen and oxygen atoms in total. The molecule has 1 aromatic carbocycles. The summed E-state index contributed by atoms with van der Waals surface area (Å²) < 4.78 is 1.83. The van der Waals surface area contributed by atoms with Crippen LogP contribution in [0.2, 0.25) is 0 Å². The molecular formula is C23H27N5O. The van der Waals surface area contributed by atoms with Gasteiger partial charge in [-0.1, -0.05) is 12.1 Å². The van der Waals surface area contributed by atoms with E-state index in [9.17, 15) is 4.79 Å². The molecule has 3 heterocycles. The van der Waals surface area contributed by atoms with Crippen LogP contribution in [0.3, 0.4) is 0 Å². The molecule has 0 unspecified atom stereocenters. The Labute approximate surface area is 171 Å². The van der Waals surface area contributed by atoms with E-state index in [4.69, 9.17) is 0 Å². The van der Waals surface area contributed by atoms with Crippen molar-refractivity contribution in [2.75, 3.05) is 20.1 Å². The summed E-state index contributed by atoms with van der Waals surface area (Å²) in [6.45, 7) is 2.05. The Morgan fingerprint density at radius 2 is 2.03 bits per heavy atom. The number of carbonyl (C=O) groups excluding carboxylic acids is 1. The highest BCUT2D eigenvalue weighted by Gasteiger charge is 2.22. The molecule has 0 spiro atoms. The number of likely N-dealkylation sites (tertiary alicyclic amines) is 1. The number of hydrogen-bond donors (Lipinski definition) is 1. The molecule has 6 heteroatoms. The van der Waals surface area contributed by atoms with Crippen LogP contribution in [-0.2, 0) is 13.5 Å². The third kappa shape index (κ3) is 3.44. The van der Waals surface area contributed by atoms with Crippen molar-refractivity contribution in [2.24, 2.45) is 7.05 Å². The summed E-state index contributed by atoms with van der Waals surface area (Å²) in [5, 5.41) is 8.76. The van der Waals surface area contributed by atoms with Gasteiger partial charge in [-0.2, -0.15) is 5.10 Å². The maximum atomic E-state index is 12.8. The molecule has 1 saturated heterocycles.